The van der Waals surface area contributed by atoms with E-state index >= 15 is 0 Å². The highest BCUT2D eigenvalue weighted by molar-refractivity contribution is 5.77. The molecule has 0 fully saturated rings. The average molecular weight is 354 g/mol. The van der Waals surface area contributed by atoms with Crippen LogP contribution in [0.15, 0.2) is 48.5 Å². The van der Waals surface area contributed by atoms with Crippen molar-refractivity contribution in [1.82, 2.24) is 0 Å². The summed E-state index contributed by atoms with van der Waals surface area (Å²) in [5, 5.41) is 0. The number of hydrogen-bond acceptors (Lipinski definition) is 4. The van der Waals surface area contributed by atoms with Crippen molar-refractivity contribution in [2.24, 2.45) is 0 Å². The van der Waals surface area contributed by atoms with Crippen LogP contribution >= 0.6 is 0 Å². The van der Waals surface area contributed by atoms with Crippen molar-refractivity contribution in [2.75, 3.05) is 13.2 Å². The van der Waals surface area contributed by atoms with Crippen molar-refractivity contribution in [3.63, 3.8) is 0 Å². The smallest absolute Gasteiger partial charge is 0.306 e. The standard InChI is InChI=1S/C22H26O4/c1-17-3-7-19(8-4-17)13-15-25-21(23)11-12-22(24)26-16-14-20-9-5-18(2)6-10-20/h3-10H,11-16H2,1-2H3. The summed E-state index contributed by atoms with van der Waals surface area (Å²) in [6, 6.07) is 16.2. The molecular formula is C22H26O4. The third-order valence-electron chi connectivity index (χ3n) is 4.08. The van der Waals surface area contributed by atoms with Gasteiger partial charge in [0.15, 0.2) is 0 Å². The van der Waals surface area contributed by atoms with E-state index in [-0.39, 0.29) is 24.8 Å². The molecule has 2 aromatic rings. The van der Waals surface area contributed by atoms with Crippen LogP contribution in [0.3, 0.4) is 0 Å². The Morgan fingerprint density at radius 3 is 1.35 bits per heavy atom. The van der Waals surface area contributed by atoms with Gasteiger partial charge < -0.3 is 9.47 Å². The first-order valence-corrected chi connectivity index (χ1v) is 8.95. The maximum absolute atomic E-state index is 11.7. The first kappa shape index (κ1) is 19.7. The molecule has 0 radical (unpaired) electrons. The van der Waals surface area contributed by atoms with Gasteiger partial charge in [0, 0.05) is 12.8 Å². The molecule has 0 saturated carbocycles. The van der Waals surface area contributed by atoms with E-state index in [1.54, 1.807) is 0 Å². The molecule has 0 aliphatic carbocycles. The largest absolute Gasteiger partial charge is 0.465 e. The number of aryl methyl sites for hydroxylation is 2. The van der Waals surface area contributed by atoms with Crippen molar-refractivity contribution in [2.45, 2.75) is 39.5 Å². The first-order chi connectivity index (χ1) is 12.5. The number of carbonyl (C=O) groups is 2. The normalized spacial score (nSPS) is 10.4. The number of rotatable bonds is 9. The Bertz CT molecular complexity index is 638. The van der Waals surface area contributed by atoms with Crippen molar-refractivity contribution in [3.05, 3.63) is 70.8 Å². The quantitative estimate of drug-likeness (QED) is 0.640. The van der Waals surface area contributed by atoms with Crippen LogP contribution in [0.5, 0.6) is 0 Å². The summed E-state index contributed by atoms with van der Waals surface area (Å²) in [5.41, 5.74) is 4.65. The predicted octanol–water partition coefficient (Wildman–Crippen LogP) is 3.96. The highest BCUT2D eigenvalue weighted by Gasteiger charge is 2.09. The molecule has 2 rings (SSSR count). The number of carbonyl (C=O) groups excluding carboxylic acids is 2. The fraction of sp³-hybridized carbons (Fsp3) is 0.364. The number of benzene rings is 2. The SMILES string of the molecule is Cc1ccc(CCOC(=O)CCC(=O)OCCc2ccc(C)cc2)cc1. The summed E-state index contributed by atoms with van der Waals surface area (Å²) in [4.78, 5) is 23.4. The molecule has 0 amide bonds. The van der Waals surface area contributed by atoms with Gasteiger partial charge in [-0.3, -0.25) is 9.59 Å². The van der Waals surface area contributed by atoms with Crippen LogP contribution in [-0.4, -0.2) is 25.2 Å². The molecule has 0 saturated heterocycles. The van der Waals surface area contributed by atoms with Crippen molar-refractivity contribution < 1.29 is 19.1 Å². The third-order valence-corrected chi connectivity index (χ3v) is 4.08. The Hall–Kier alpha value is -2.62. The predicted molar refractivity (Wildman–Crippen MR) is 101 cm³/mol. The number of hydrogen-bond donors (Lipinski definition) is 0. The molecule has 4 heteroatoms. The molecule has 0 spiro atoms. The van der Waals surface area contributed by atoms with Crippen LogP contribution in [0.25, 0.3) is 0 Å². The second kappa shape index (κ2) is 10.4. The topological polar surface area (TPSA) is 52.6 Å². The van der Waals surface area contributed by atoms with Gasteiger partial charge in [-0.2, -0.15) is 0 Å². The molecule has 0 aromatic heterocycles. The van der Waals surface area contributed by atoms with E-state index in [1.807, 2.05) is 62.4 Å². The van der Waals surface area contributed by atoms with E-state index in [2.05, 4.69) is 0 Å². The lowest BCUT2D eigenvalue weighted by molar-refractivity contribution is -0.150. The fourth-order valence-corrected chi connectivity index (χ4v) is 2.42. The average Bonchev–Trinajstić information content (AvgIpc) is 2.63. The van der Waals surface area contributed by atoms with E-state index in [1.165, 1.54) is 11.1 Å². The summed E-state index contributed by atoms with van der Waals surface area (Å²) >= 11 is 0. The van der Waals surface area contributed by atoms with Gasteiger partial charge in [-0.05, 0) is 25.0 Å². The van der Waals surface area contributed by atoms with Crippen LogP contribution in [-0.2, 0) is 31.9 Å². The molecule has 0 bridgehead atoms. The molecule has 2 aromatic carbocycles. The molecule has 0 unspecified atom stereocenters. The molecule has 0 aliphatic heterocycles. The van der Waals surface area contributed by atoms with Gasteiger partial charge in [0.1, 0.15) is 0 Å². The Morgan fingerprint density at radius 2 is 1.00 bits per heavy atom. The maximum Gasteiger partial charge on any atom is 0.306 e. The summed E-state index contributed by atoms with van der Waals surface area (Å²) in [6.07, 6.45) is 1.45. The lowest BCUT2D eigenvalue weighted by atomic mass is 10.1. The molecule has 0 N–H and O–H groups in total. The Labute approximate surface area is 155 Å². The minimum Gasteiger partial charge on any atom is -0.465 e. The van der Waals surface area contributed by atoms with Crippen molar-refractivity contribution in [1.29, 1.82) is 0 Å². The molecule has 138 valence electrons. The summed E-state index contributed by atoms with van der Waals surface area (Å²) in [6.45, 7) is 4.71. The van der Waals surface area contributed by atoms with Gasteiger partial charge >= 0.3 is 11.9 Å². The molecule has 0 aliphatic rings. The zero-order chi connectivity index (χ0) is 18.8. The lowest BCUT2D eigenvalue weighted by Crippen LogP contribution is -2.12. The number of ether oxygens (including phenoxy) is 2. The van der Waals surface area contributed by atoms with Gasteiger partial charge in [-0.1, -0.05) is 59.7 Å². The zero-order valence-electron chi connectivity index (χ0n) is 15.5. The van der Waals surface area contributed by atoms with Crippen LogP contribution in [0.4, 0.5) is 0 Å². The fourth-order valence-electron chi connectivity index (χ4n) is 2.42. The van der Waals surface area contributed by atoms with Crippen molar-refractivity contribution in [3.8, 4) is 0 Å². The van der Waals surface area contributed by atoms with Gasteiger partial charge in [0.05, 0.1) is 26.1 Å². The molecule has 26 heavy (non-hydrogen) atoms. The summed E-state index contributed by atoms with van der Waals surface area (Å²) in [5.74, 6) is -0.736. The van der Waals surface area contributed by atoms with Crippen LogP contribution in [0.2, 0.25) is 0 Å². The first-order valence-electron chi connectivity index (χ1n) is 8.95. The van der Waals surface area contributed by atoms with E-state index < -0.39 is 0 Å². The van der Waals surface area contributed by atoms with Crippen LogP contribution in [0, 0.1) is 13.8 Å². The molecule has 4 nitrogen and oxygen atoms in total. The zero-order valence-corrected chi connectivity index (χ0v) is 15.5. The van der Waals surface area contributed by atoms with Gasteiger partial charge in [0.2, 0.25) is 0 Å². The summed E-state index contributed by atoms with van der Waals surface area (Å²) in [7, 11) is 0. The van der Waals surface area contributed by atoms with E-state index in [9.17, 15) is 9.59 Å². The second-order valence-electron chi connectivity index (χ2n) is 6.41. The highest BCUT2D eigenvalue weighted by atomic mass is 16.5. The summed E-state index contributed by atoms with van der Waals surface area (Å²) < 4.78 is 10.3. The lowest BCUT2D eigenvalue weighted by Gasteiger charge is -2.07. The molecule has 0 heterocycles. The van der Waals surface area contributed by atoms with Gasteiger partial charge in [-0.25, -0.2) is 0 Å². The van der Waals surface area contributed by atoms with E-state index in [0.717, 1.165) is 11.1 Å². The Kier molecular flexibility index (Phi) is 7.87. The second-order valence-corrected chi connectivity index (χ2v) is 6.41. The van der Waals surface area contributed by atoms with Crippen LogP contribution in [0.1, 0.15) is 35.1 Å². The van der Waals surface area contributed by atoms with E-state index in [4.69, 9.17) is 9.47 Å². The van der Waals surface area contributed by atoms with Gasteiger partial charge in [-0.15, -0.1) is 0 Å². The highest BCUT2D eigenvalue weighted by Crippen LogP contribution is 2.06. The number of esters is 2. The van der Waals surface area contributed by atoms with Gasteiger partial charge in [0.25, 0.3) is 0 Å². The van der Waals surface area contributed by atoms with E-state index in [0.29, 0.717) is 26.1 Å². The maximum atomic E-state index is 11.7. The minimum absolute atomic E-state index is 0.0528. The Balaban J connectivity index is 1.55. The minimum atomic E-state index is -0.368. The Morgan fingerprint density at radius 1 is 0.654 bits per heavy atom. The van der Waals surface area contributed by atoms with Crippen LogP contribution < -0.4 is 0 Å². The third kappa shape index (κ3) is 7.51. The van der Waals surface area contributed by atoms with Crippen molar-refractivity contribution >= 4 is 11.9 Å². The molecular weight excluding hydrogens is 328 g/mol. The molecule has 0 atom stereocenters. The monoisotopic (exact) mass is 354 g/mol.